The zero-order valence-corrected chi connectivity index (χ0v) is 12.0. The molecule has 0 aliphatic rings. The lowest BCUT2D eigenvalue weighted by atomic mass is 9.96. The van der Waals surface area contributed by atoms with Crippen LogP contribution < -0.4 is 5.73 Å². The Labute approximate surface area is 109 Å². The molecule has 0 spiro atoms. The van der Waals surface area contributed by atoms with Gasteiger partial charge < -0.3 is 10.6 Å². The lowest BCUT2D eigenvalue weighted by Gasteiger charge is -2.18. The van der Waals surface area contributed by atoms with Crippen LogP contribution in [0.25, 0.3) is 0 Å². The van der Waals surface area contributed by atoms with E-state index in [1.165, 1.54) is 0 Å². The van der Waals surface area contributed by atoms with Crippen molar-refractivity contribution in [2.75, 3.05) is 13.1 Å². The highest BCUT2D eigenvalue weighted by Crippen LogP contribution is 2.17. The van der Waals surface area contributed by atoms with Crippen molar-refractivity contribution >= 4 is 5.96 Å². The van der Waals surface area contributed by atoms with Crippen molar-refractivity contribution in [2.24, 2.45) is 10.7 Å². The summed E-state index contributed by atoms with van der Waals surface area (Å²) in [6, 6.07) is 0. The number of hydrogen-bond donors (Lipinski definition) is 2. The van der Waals surface area contributed by atoms with Crippen molar-refractivity contribution < 1.29 is 0 Å². The molecule has 0 atom stereocenters. The lowest BCUT2D eigenvalue weighted by Crippen LogP contribution is -2.37. The lowest BCUT2D eigenvalue weighted by molar-refractivity contribution is 0.458. The Hall–Kier alpha value is -1.59. The van der Waals surface area contributed by atoms with Crippen LogP contribution in [-0.4, -0.2) is 39.1 Å². The molecule has 1 aromatic heterocycles. The SMILES string of the molecule is CCN(CC)C(N)=NCc1nc(C(C)(C)C)n[nH]1. The van der Waals surface area contributed by atoms with Crippen LogP contribution in [0.2, 0.25) is 0 Å². The Bertz CT molecular complexity index is 397. The molecule has 0 aliphatic heterocycles. The van der Waals surface area contributed by atoms with Crippen LogP contribution in [0.1, 0.15) is 46.3 Å². The van der Waals surface area contributed by atoms with Crippen molar-refractivity contribution in [3.05, 3.63) is 11.6 Å². The average Bonchev–Trinajstić information content (AvgIpc) is 2.76. The van der Waals surface area contributed by atoms with E-state index < -0.39 is 0 Å². The summed E-state index contributed by atoms with van der Waals surface area (Å²) in [5.41, 5.74) is 5.84. The molecule has 1 rings (SSSR count). The van der Waals surface area contributed by atoms with E-state index in [2.05, 4.69) is 54.8 Å². The molecule has 6 nitrogen and oxygen atoms in total. The van der Waals surface area contributed by atoms with E-state index in [1.807, 2.05) is 4.90 Å². The average molecular weight is 252 g/mol. The van der Waals surface area contributed by atoms with Gasteiger partial charge in [-0.05, 0) is 13.8 Å². The Morgan fingerprint density at radius 2 is 1.94 bits per heavy atom. The molecular weight excluding hydrogens is 228 g/mol. The molecule has 0 bridgehead atoms. The summed E-state index contributed by atoms with van der Waals surface area (Å²) in [6.45, 7) is 12.5. The highest BCUT2D eigenvalue weighted by Gasteiger charge is 2.19. The van der Waals surface area contributed by atoms with E-state index >= 15 is 0 Å². The van der Waals surface area contributed by atoms with Crippen LogP contribution in [0, 0.1) is 0 Å². The molecule has 0 saturated heterocycles. The van der Waals surface area contributed by atoms with Crippen molar-refractivity contribution in [1.82, 2.24) is 20.1 Å². The summed E-state index contributed by atoms with van der Waals surface area (Å²) in [5.74, 6) is 2.10. The maximum absolute atomic E-state index is 5.89. The van der Waals surface area contributed by atoms with Gasteiger partial charge in [-0.3, -0.25) is 5.10 Å². The minimum atomic E-state index is -0.0527. The van der Waals surface area contributed by atoms with Gasteiger partial charge in [-0.15, -0.1) is 0 Å². The monoisotopic (exact) mass is 252 g/mol. The maximum Gasteiger partial charge on any atom is 0.191 e. The first kappa shape index (κ1) is 14.5. The topological polar surface area (TPSA) is 83.2 Å². The molecule has 0 radical (unpaired) electrons. The molecule has 6 heteroatoms. The zero-order valence-electron chi connectivity index (χ0n) is 12.0. The van der Waals surface area contributed by atoms with Gasteiger partial charge in [0.2, 0.25) is 0 Å². The fraction of sp³-hybridized carbons (Fsp3) is 0.750. The van der Waals surface area contributed by atoms with Gasteiger partial charge in [-0.25, -0.2) is 9.98 Å². The Morgan fingerprint density at radius 1 is 1.33 bits per heavy atom. The number of guanidine groups is 1. The summed E-state index contributed by atoms with van der Waals surface area (Å²) in [7, 11) is 0. The number of aliphatic imine (C=N–C) groups is 1. The van der Waals surface area contributed by atoms with Gasteiger partial charge >= 0.3 is 0 Å². The van der Waals surface area contributed by atoms with E-state index in [4.69, 9.17) is 5.73 Å². The van der Waals surface area contributed by atoms with Crippen molar-refractivity contribution in [3.63, 3.8) is 0 Å². The standard InChI is InChI=1S/C12H24N6/c1-6-18(7-2)11(13)14-8-9-15-10(17-16-9)12(3,4)5/h6-8H2,1-5H3,(H2,13,14)(H,15,16,17). The van der Waals surface area contributed by atoms with E-state index in [9.17, 15) is 0 Å². The van der Waals surface area contributed by atoms with E-state index in [0.29, 0.717) is 12.5 Å². The van der Waals surface area contributed by atoms with Gasteiger partial charge in [0.15, 0.2) is 11.8 Å². The first-order chi connectivity index (χ1) is 8.38. The number of hydrogen-bond acceptors (Lipinski definition) is 3. The van der Waals surface area contributed by atoms with E-state index in [-0.39, 0.29) is 5.41 Å². The van der Waals surface area contributed by atoms with Gasteiger partial charge in [0.1, 0.15) is 12.4 Å². The predicted octanol–water partition coefficient (Wildman–Crippen LogP) is 1.26. The largest absolute Gasteiger partial charge is 0.370 e. The zero-order chi connectivity index (χ0) is 13.8. The van der Waals surface area contributed by atoms with Gasteiger partial charge in [-0.2, -0.15) is 5.10 Å². The summed E-state index contributed by atoms with van der Waals surface area (Å²) >= 11 is 0. The van der Waals surface area contributed by atoms with E-state index in [0.717, 1.165) is 24.7 Å². The van der Waals surface area contributed by atoms with Crippen LogP contribution in [0.15, 0.2) is 4.99 Å². The molecule has 0 amide bonds. The molecule has 0 aliphatic carbocycles. The second kappa shape index (κ2) is 5.84. The van der Waals surface area contributed by atoms with Crippen molar-refractivity contribution in [1.29, 1.82) is 0 Å². The summed E-state index contributed by atoms with van der Waals surface area (Å²) in [4.78, 5) is 10.7. The molecule has 18 heavy (non-hydrogen) atoms. The van der Waals surface area contributed by atoms with E-state index in [1.54, 1.807) is 0 Å². The minimum Gasteiger partial charge on any atom is -0.370 e. The molecule has 0 aromatic carbocycles. The third-order valence-electron chi connectivity index (χ3n) is 2.68. The first-order valence-electron chi connectivity index (χ1n) is 6.35. The third kappa shape index (κ3) is 3.72. The Balaban J connectivity index is 2.69. The highest BCUT2D eigenvalue weighted by atomic mass is 15.3. The highest BCUT2D eigenvalue weighted by molar-refractivity contribution is 5.77. The molecule has 3 N–H and O–H groups in total. The Morgan fingerprint density at radius 3 is 2.39 bits per heavy atom. The van der Waals surface area contributed by atoms with Crippen LogP contribution in [0.4, 0.5) is 0 Å². The fourth-order valence-electron chi connectivity index (χ4n) is 1.50. The molecule has 102 valence electrons. The smallest absolute Gasteiger partial charge is 0.191 e. The van der Waals surface area contributed by atoms with Crippen LogP contribution in [-0.2, 0) is 12.0 Å². The molecule has 0 unspecified atom stereocenters. The van der Waals surface area contributed by atoms with Gasteiger partial charge in [0.25, 0.3) is 0 Å². The molecule has 0 saturated carbocycles. The maximum atomic E-state index is 5.89. The number of aromatic nitrogens is 3. The normalized spacial score (nSPS) is 12.8. The van der Waals surface area contributed by atoms with Crippen LogP contribution in [0.5, 0.6) is 0 Å². The van der Waals surface area contributed by atoms with Crippen LogP contribution >= 0.6 is 0 Å². The molecule has 1 heterocycles. The molecule has 1 aromatic rings. The fourth-order valence-corrected chi connectivity index (χ4v) is 1.50. The number of nitrogens with two attached hydrogens (primary N) is 1. The van der Waals surface area contributed by atoms with Crippen molar-refractivity contribution in [3.8, 4) is 0 Å². The minimum absolute atomic E-state index is 0.0527. The third-order valence-corrected chi connectivity index (χ3v) is 2.68. The predicted molar refractivity (Wildman–Crippen MR) is 73.3 cm³/mol. The van der Waals surface area contributed by atoms with Gasteiger partial charge in [0.05, 0.1) is 0 Å². The quantitative estimate of drug-likeness (QED) is 0.624. The first-order valence-corrected chi connectivity index (χ1v) is 6.35. The van der Waals surface area contributed by atoms with Crippen molar-refractivity contribution in [2.45, 2.75) is 46.6 Å². The number of rotatable bonds is 4. The summed E-state index contributed by atoms with van der Waals surface area (Å²) in [6.07, 6.45) is 0. The Kier molecular flexibility index (Phi) is 4.69. The summed E-state index contributed by atoms with van der Waals surface area (Å²) in [5, 5.41) is 7.09. The van der Waals surface area contributed by atoms with Crippen LogP contribution in [0.3, 0.4) is 0 Å². The number of nitrogens with one attached hydrogen (secondary N) is 1. The van der Waals surface area contributed by atoms with Gasteiger partial charge in [0, 0.05) is 18.5 Å². The summed E-state index contributed by atoms with van der Waals surface area (Å²) < 4.78 is 0. The number of nitrogens with zero attached hydrogens (tertiary/aromatic N) is 4. The molecular formula is C12H24N6. The number of H-pyrrole nitrogens is 1. The molecule has 0 fully saturated rings. The second-order valence-electron chi connectivity index (χ2n) is 5.20. The number of aromatic amines is 1. The second-order valence-corrected chi connectivity index (χ2v) is 5.20. The van der Waals surface area contributed by atoms with Gasteiger partial charge in [-0.1, -0.05) is 20.8 Å².